The summed E-state index contributed by atoms with van der Waals surface area (Å²) in [6.07, 6.45) is 3.87. The number of rotatable bonds is 3. The smallest absolute Gasteiger partial charge is 0.185 e. The van der Waals surface area contributed by atoms with Crippen molar-refractivity contribution in [2.45, 2.75) is 18.0 Å². The molecule has 144 valence electrons. The van der Waals surface area contributed by atoms with Gasteiger partial charge in [0.25, 0.3) is 0 Å². The van der Waals surface area contributed by atoms with Gasteiger partial charge in [-0.05, 0) is 23.1 Å². The number of carbonyl (C=O) groups excluding carboxylic acids is 1. The molecule has 5 heteroatoms. The number of benzene rings is 2. The molecular weight excluding hydrogens is 390 g/mol. The van der Waals surface area contributed by atoms with Crippen molar-refractivity contribution >= 4 is 28.9 Å². The summed E-state index contributed by atoms with van der Waals surface area (Å²) in [7, 11) is 0. The van der Waals surface area contributed by atoms with E-state index in [0.29, 0.717) is 5.56 Å². The van der Waals surface area contributed by atoms with Crippen LogP contribution in [0.1, 0.15) is 26.7 Å². The molecule has 1 aromatic heterocycles. The largest absolute Gasteiger partial charge is 0.351 e. The third-order valence-corrected chi connectivity index (χ3v) is 7.05. The zero-order valence-electron chi connectivity index (χ0n) is 16.0. The number of nitrogens with zero attached hydrogens (tertiary/aromatic N) is 3. The molecule has 0 aliphatic carbocycles. The Morgan fingerprint density at radius 3 is 2.40 bits per heavy atom. The van der Waals surface area contributed by atoms with Gasteiger partial charge < -0.3 is 4.90 Å². The van der Waals surface area contributed by atoms with Crippen LogP contribution < -0.4 is 4.90 Å². The quantitative estimate of drug-likeness (QED) is 0.571. The number of fused-ring (bicyclic) bond motifs is 3. The third-order valence-electron chi connectivity index (χ3n) is 6.09. The van der Waals surface area contributed by atoms with E-state index in [0.717, 1.165) is 16.1 Å². The minimum absolute atomic E-state index is 0.0727. The molecule has 0 saturated carbocycles. The molecule has 30 heavy (non-hydrogen) atoms. The van der Waals surface area contributed by atoms with Crippen molar-refractivity contribution in [3.8, 4) is 12.1 Å². The van der Waals surface area contributed by atoms with Crippen molar-refractivity contribution in [1.82, 2.24) is 0 Å². The van der Waals surface area contributed by atoms with Crippen molar-refractivity contribution in [3.05, 3.63) is 94.2 Å². The van der Waals surface area contributed by atoms with Gasteiger partial charge in [0.05, 0.1) is 24.1 Å². The van der Waals surface area contributed by atoms with Crippen LogP contribution in [0.25, 0.3) is 6.08 Å². The average molecular weight is 407 g/mol. The fourth-order valence-corrected chi connectivity index (χ4v) is 5.72. The van der Waals surface area contributed by atoms with Gasteiger partial charge in [-0.3, -0.25) is 4.79 Å². The number of thiophene rings is 1. The fraction of sp³-hybridized carbons (Fsp3) is 0.160. The first-order chi connectivity index (χ1) is 14.7. The van der Waals surface area contributed by atoms with Crippen LogP contribution in [-0.2, 0) is 0 Å². The molecule has 2 aromatic carbocycles. The van der Waals surface area contributed by atoms with E-state index in [1.54, 1.807) is 12.1 Å². The van der Waals surface area contributed by atoms with E-state index < -0.39 is 23.4 Å². The first kappa shape index (κ1) is 18.4. The standard InChI is InChI=1S/C25H17N3OS/c26-15-25(16-27)21-13-12-17-7-4-5-10-19(17)28(21)23(22(25)20-11-6-14-30-20)24(29)18-8-2-1-3-9-18/h1-14,21-23H/t21-,22+,23+/m1/s1. The predicted octanol–water partition coefficient (Wildman–Crippen LogP) is 5.03. The molecule has 2 aliphatic rings. The van der Waals surface area contributed by atoms with E-state index in [1.165, 1.54) is 11.3 Å². The van der Waals surface area contributed by atoms with E-state index in [-0.39, 0.29) is 5.78 Å². The van der Waals surface area contributed by atoms with Crippen molar-refractivity contribution in [1.29, 1.82) is 10.5 Å². The lowest BCUT2D eigenvalue weighted by molar-refractivity contribution is 0.0951. The number of Topliss-reactive ketones (excluding diaryl/α,β-unsaturated/α-hetero) is 1. The predicted molar refractivity (Wildman–Crippen MR) is 117 cm³/mol. The SMILES string of the molecule is N#CC1(C#N)[C@@H](c2cccs2)[C@@H](C(=O)c2ccccc2)N2c3ccccc3C=C[C@@H]21. The maximum atomic E-state index is 13.9. The minimum Gasteiger partial charge on any atom is -0.351 e. The minimum atomic E-state index is -1.37. The highest BCUT2D eigenvalue weighted by Crippen LogP contribution is 2.56. The Bertz CT molecular complexity index is 1200. The van der Waals surface area contributed by atoms with Crippen molar-refractivity contribution < 1.29 is 4.79 Å². The molecule has 3 atom stereocenters. The summed E-state index contributed by atoms with van der Waals surface area (Å²) in [5.74, 6) is -0.627. The number of anilines is 1. The van der Waals surface area contributed by atoms with Crippen molar-refractivity contribution in [2.75, 3.05) is 4.90 Å². The van der Waals surface area contributed by atoms with Gasteiger partial charge in [0, 0.05) is 16.1 Å². The fourth-order valence-electron chi connectivity index (χ4n) is 4.78. The van der Waals surface area contributed by atoms with E-state index in [1.807, 2.05) is 77.0 Å². The molecule has 0 N–H and O–H groups in total. The van der Waals surface area contributed by atoms with E-state index in [4.69, 9.17) is 0 Å². The molecule has 0 bridgehead atoms. The summed E-state index contributed by atoms with van der Waals surface area (Å²) in [6.45, 7) is 0. The molecule has 1 fully saturated rings. The van der Waals surface area contributed by atoms with Crippen molar-refractivity contribution in [3.63, 3.8) is 0 Å². The maximum Gasteiger partial charge on any atom is 0.185 e. The second kappa shape index (κ2) is 6.99. The number of carbonyl (C=O) groups is 1. The second-order valence-electron chi connectivity index (χ2n) is 7.53. The lowest BCUT2D eigenvalue weighted by atomic mass is 9.71. The summed E-state index contributed by atoms with van der Waals surface area (Å²) in [6, 6.07) is 24.3. The molecule has 0 radical (unpaired) electrons. The third kappa shape index (κ3) is 2.46. The molecule has 2 aliphatic heterocycles. The van der Waals surface area contributed by atoms with E-state index in [2.05, 4.69) is 12.1 Å². The van der Waals surface area contributed by atoms with Crippen molar-refractivity contribution in [2.24, 2.45) is 5.41 Å². The summed E-state index contributed by atoms with van der Waals surface area (Å²) in [5, 5.41) is 22.5. The Morgan fingerprint density at radius 1 is 0.967 bits per heavy atom. The Hall–Kier alpha value is -3.67. The number of ketones is 1. The molecule has 1 saturated heterocycles. The highest BCUT2D eigenvalue weighted by atomic mass is 32.1. The van der Waals surface area contributed by atoms with E-state index in [9.17, 15) is 15.3 Å². The Kier molecular flexibility index (Phi) is 4.28. The topological polar surface area (TPSA) is 67.9 Å². The van der Waals surface area contributed by atoms with Gasteiger partial charge in [-0.25, -0.2) is 0 Å². The molecule has 0 unspecified atom stereocenters. The number of nitriles is 2. The van der Waals surface area contributed by atoms with Gasteiger partial charge in [-0.15, -0.1) is 11.3 Å². The lowest BCUT2D eigenvalue weighted by Gasteiger charge is -2.35. The summed E-state index contributed by atoms with van der Waals surface area (Å²) in [4.78, 5) is 16.7. The van der Waals surface area contributed by atoms with Gasteiger partial charge in [0.2, 0.25) is 0 Å². The molecule has 3 aromatic rings. The first-order valence-electron chi connectivity index (χ1n) is 9.72. The van der Waals surface area contributed by atoms with Gasteiger partial charge in [0.15, 0.2) is 11.2 Å². The summed E-state index contributed by atoms with van der Waals surface area (Å²) < 4.78 is 0. The van der Waals surface area contributed by atoms with Crippen LogP contribution in [0.5, 0.6) is 0 Å². The van der Waals surface area contributed by atoms with Crippen LogP contribution >= 0.6 is 11.3 Å². The van der Waals surface area contributed by atoms with Crippen LogP contribution in [0, 0.1) is 28.1 Å². The highest BCUT2D eigenvalue weighted by Gasteiger charge is 2.63. The molecule has 5 rings (SSSR count). The lowest BCUT2D eigenvalue weighted by Crippen LogP contribution is -2.44. The molecular formula is C25H17N3OS. The molecule has 0 spiro atoms. The maximum absolute atomic E-state index is 13.9. The number of hydrogen-bond donors (Lipinski definition) is 0. The first-order valence-corrected chi connectivity index (χ1v) is 10.6. The van der Waals surface area contributed by atoms with Gasteiger partial charge >= 0.3 is 0 Å². The molecule has 3 heterocycles. The zero-order chi connectivity index (χ0) is 20.7. The van der Waals surface area contributed by atoms with Crippen LogP contribution in [-0.4, -0.2) is 17.9 Å². The Labute approximate surface area is 178 Å². The zero-order valence-corrected chi connectivity index (χ0v) is 16.8. The second-order valence-corrected chi connectivity index (χ2v) is 8.51. The van der Waals surface area contributed by atoms with Crippen LogP contribution in [0.3, 0.4) is 0 Å². The van der Waals surface area contributed by atoms with E-state index >= 15 is 0 Å². The summed E-state index contributed by atoms with van der Waals surface area (Å²) >= 11 is 1.49. The Balaban J connectivity index is 1.78. The van der Waals surface area contributed by atoms with Crippen LogP contribution in [0.4, 0.5) is 5.69 Å². The van der Waals surface area contributed by atoms with Gasteiger partial charge in [0.1, 0.15) is 6.04 Å². The van der Waals surface area contributed by atoms with Gasteiger partial charge in [-0.2, -0.15) is 10.5 Å². The Morgan fingerprint density at radius 2 is 1.70 bits per heavy atom. The van der Waals surface area contributed by atoms with Gasteiger partial charge in [-0.1, -0.05) is 66.7 Å². The molecule has 0 amide bonds. The normalized spacial score (nSPS) is 23.1. The van der Waals surface area contributed by atoms with Crippen LogP contribution in [0.15, 0.2) is 78.2 Å². The molecule has 4 nitrogen and oxygen atoms in total. The number of para-hydroxylation sites is 1. The highest BCUT2D eigenvalue weighted by molar-refractivity contribution is 7.10. The summed E-state index contributed by atoms with van der Waals surface area (Å²) in [5.41, 5.74) is 1.08. The van der Waals surface area contributed by atoms with Crippen LogP contribution in [0.2, 0.25) is 0 Å². The average Bonchev–Trinajstić information content (AvgIpc) is 3.43. The number of hydrogen-bond acceptors (Lipinski definition) is 5. The monoisotopic (exact) mass is 407 g/mol.